The Labute approximate surface area is 156 Å². The minimum Gasteiger partial charge on any atom is -0.465 e. The molecule has 3 rings (SSSR count). The second-order valence-corrected chi connectivity index (χ2v) is 7.13. The van der Waals surface area contributed by atoms with E-state index in [4.69, 9.17) is 27.9 Å². The summed E-state index contributed by atoms with van der Waals surface area (Å²) in [5.74, 6) is -0.296. The predicted octanol–water partition coefficient (Wildman–Crippen LogP) is 5.53. The van der Waals surface area contributed by atoms with Gasteiger partial charge in [-0.05, 0) is 47.7 Å². The standard InChI is InChI=1S/C19H18Cl2N2O2/c1-10(2)16-15(19(24)25-4)8-22-23-9-11(3)17(18(16)23)12-5-13(20)7-14(21)6-12/h5-10H,1-4H3. The highest BCUT2D eigenvalue weighted by atomic mass is 35.5. The van der Waals surface area contributed by atoms with E-state index in [1.807, 2.05) is 39.1 Å². The molecular formula is C19H18Cl2N2O2. The van der Waals surface area contributed by atoms with Crippen molar-refractivity contribution in [2.75, 3.05) is 7.11 Å². The molecule has 0 bridgehead atoms. The summed E-state index contributed by atoms with van der Waals surface area (Å²) in [6.07, 6.45) is 3.49. The number of hydrogen-bond acceptors (Lipinski definition) is 3. The Morgan fingerprint density at radius 1 is 1.20 bits per heavy atom. The average Bonchev–Trinajstić information content (AvgIpc) is 2.87. The first-order chi connectivity index (χ1) is 11.8. The van der Waals surface area contributed by atoms with Crippen LogP contribution in [0.25, 0.3) is 16.6 Å². The fourth-order valence-electron chi connectivity index (χ4n) is 3.20. The van der Waals surface area contributed by atoms with Crippen molar-refractivity contribution in [2.24, 2.45) is 0 Å². The molecule has 0 aliphatic heterocycles. The molecule has 0 radical (unpaired) electrons. The van der Waals surface area contributed by atoms with E-state index in [0.717, 1.165) is 27.8 Å². The van der Waals surface area contributed by atoms with Crippen LogP contribution >= 0.6 is 23.2 Å². The lowest BCUT2D eigenvalue weighted by molar-refractivity contribution is 0.0598. The van der Waals surface area contributed by atoms with E-state index in [1.54, 1.807) is 16.8 Å². The van der Waals surface area contributed by atoms with Gasteiger partial charge in [-0.1, -0.05) is 37.0 Å². The maximum absolute atomic E-state index is 12.2. The molecule has 25 heavy (non-hydrogen) atoms. The SMILES string of the molecule is COC(=O)c1cnn2cc(C)c(-c3cc(Cl)cc(Cl)c3)c2c1C(C)C. The van der Waals surface area contributed by atoms with E-state index in [-0.39, 0.29) is 5.92 Å². The van der Waals surface area contributed by atoms with E-state index < -0.39 is 5.97 Å². The van der Waals surface area contributed by atoms with Crippen molar-refractivity contribution in [3.05, 3.63) is 57.3 Å². The molecule has 130 valence electrons. The number of esters is 1. The lowest BCUT2D eigenvalue weighted by atomic mass is 9.93. The van der Waals surface area contributed by atoms with Crippen LogP contribution in [0.15, 0.2) is 30.6 Å². The van der Waals surface area contributed by atoms with Gasteiger partial charge in [0, 0.05) is 21.8 Å². The van der Waals surface area contributed by atoms with Crippen molar-refractivity contribution in [2.45, 2.75) is 26.7 Å². The van der Waals surface area contributed by atoms with Gasteiger partial charge in [0.2, 0.25) is 0 Å². The summed E-state index contributed by atoms with van der Waals surface area (Å²) < 4.78 is 6.73. The van der Waals surface area contributed by atoms with E-state index in [1.165, 1.54) is 7.11 Å². The normalized spacial score (nSPS) is 11.3. The lowest BCUT2D eigenvalue weighted by Crippen LogP contribution is -2.10. The largest absolute Gasteiger partial charge is 0.465 e. The number of carbonyl (C=O) groups is 1. The predicted molar refractivity (Wildman–Crippen MR) is 101 cm³/mol. The van der Waals surface area contributed by atoms with E-state index >= 15 is 0 Å². The Balaban J connectivity index is 2.43. The zero-order chi connectivity index (χ0) is 18.3. The average molecular weight is 377 g/mol. The summed E-state index contributed by atoms with van der Waals surface area (Å²) in [4.78, 5) is 12.2. The van der Waals surface area contributed by atoms with E-state index in [0.29, 0.717) is 15.6 Å². The molecule has 4 nitrogen and oxygen atoms in total. The fraction of sp³-hybridized carbons (Fsp3) is 0.263. The summed E-state index contributed by atoms with van der Waals surface area (Å²) in [6.45, 7) is 6.08. The van der Waals surface area contributed by atoms with Gasteiger partial charge in [0.05, 0.1) is 24.4 Å². The highest BCUT2D eigenvalue weighted by Crippen LogP contribution is 2.37. The molecule has 2 heterocycles. The quantitative estimate of drug-likeness (QED) is 0.564. The van der Waals surface area contributed by atoms with Crippen molar-refractivity contribution >= 4 is 34.7 Å². The Morgan fingerprint density at radius 2 is 1.84 bits per heavy atom. The van der Waals surface area contributed by atoms with Crippen LogP contribution in [0.5, 0.6) is 0 Å². The highest BCUT2D eigenvalue weighted by molar-refractivity contribution is 6.35. The van der Waals surface area contributed by atoms with Gasteiger partial charge in [0.1, 0.15) is 0 Å². The van der Waals surface area contributed by atoms with Crippen LogP contribution in [0.1, 0.15) is 41.3 Å². The summed E-state index contributed by atoms with van der Waals surface area (Å²) in [6, 6.07) is 5.43. The molecule has 0 spiro atoms. The summed E-state index contributed by atoms with van der Waals surface area (Å²) in [5, 5.41) is 5.51. The van der Waals surface area contributed by atoms with Crippen LogP contribution in [0.3, 0.4) is 0 Å². The van der Waals surface area contributed by atoms with E-state index in [2.05, 4.69) is 5.10 Å². The number of methoxy groups -OCH3 is 1. The Kier molecular flexibility index (Phi) is 4.76. The first kappa shape index (κ1) is 17.8. The number of carbonyl (C=O) groups excluding carboxylic acids is 1. The Hall–Kier alpha value is -2.04. The monoisotopic (exact) mass is 376 g/mol. The van der Waals surface area contributed by atoms with Gasteiger partial charge in [-0.25, -0.2) is 9.31 Å². The third-order valence-electron chi connectivity index (χ3n) is 4.17. The van der Waals surface area contributed by atoms with Crippen molar-refractivity contribution in [3.8, 4) is 11.1 Å². The number of nitrogens with zero attached hydrogens (tertiary/aromatic N) is 2. The third-order valence-corrected chi connectivity index (χ3v) is 4.60. The smallest absolute Gasteiger partial charge is 0.339 e. The minimum atomic E-state index is -0.396. The van der Waals surface area contributed by atoms with Gasteiger partial charge < -0.3 is 4.74 Å². The Bertz CT molecular complexity index is 957. The van der Waals surface area contributed by atoms with Gasteiger partial charge in [-0.2, -0.15) is 5.10 Å². The van der Waals surface area contributed by atoms with Gasteiger partial charge in [0.25, 0.3) is 0 Å². The molecule has 0 atom stereocenters. The number of rotatable bonds is 3. The number of hydrogen-bond donors (Lipinski definition) is 0. The maximum Gasteiger partial charge on any atom is 0.339 e. The van der Waals surface area contributed by atoms with Crippen LogP contribution in [0, 0.1) is 6.92 Å². The molecule has 0 aliphatic rings. The zero-order valence-corrected chi connectivity index (χ0v) is 15.9. The first-order valence-corrected chi connectivity index (χ1v) is 8.64. The number of halogens is 2. The Morgan fingerprint density at radius 3 is 2.40 bits per heavy atom. The zero-order valence-electron chi connectivity index (χ0n) is 14.4. The molecule has 6 heteroatoms. The first-order valence-electron chi connectivity index (χ1n) is 7.89. The van der Waals surface area contributed by atoms with Gasteiger partial charge in [-0.15, -0.1) is 0 Å². The minimum absolute atomic E-state index is 0.0994. The van der Waals surface area contributed by atoms with E-state index in [9.17, 15) is 4.79 Å². The molecular weight excluding hydrogens is 359 g/mol. The topological polar surface area (TPSA) is 43.6 Å². The van der Waals surface area contributed by atoms with Crippen LogP contribution in [-0.4, -0.2) is 22.7 Å². The maximum atomic E-state index is 12.2. The highest BCUT2D eigenvalue weighted by Gasteiger charge is 2.23. The van der Waals surface area contributed by atoms with Crippen molar-refractivity contribution in [1.82, 2.24) is 9.61 Å². The molecule has 0 amide bonds. The molecule has 0 saturated carbocycles. The number of aryl methyl sites for hydroxylation is 1. The lowest BCUT2D eigenvalue weighted by Gasteiger charge is -2.15. The number of aromatic nitrogens is 2. The fourth-order valence-corrected chi connectivity index (χ4v) is 3.73. The molecule has 2 aromatic heterocycles. The van der Waals surface area contributed by atoms with Crippen molar-refractivity contribution in [3.63, 3.8) is 0 Å². The molecule has 0 aliphatic carbocycles. The number of fused-ring (bicyclic) bond motifs is 1. The second kappa shape index (κ2) is 6.70. The van der Waals surface area contributed by atoms with Gasteiger partial charge >= 0.3 is 5.97 Å². The third kappa shape index (κ3) is 3.12. The van der Waals surface area contributed by atoms with Crippen LogP contribution in [-0.2, 0) is 4.74 Å². The number of benzene rings is 1. The van der Waals surface area contributed by atoms with Crippen molar-refractivity contribution in [1.29, 1.82) is 0 Å². The van der Waals surface area contributed by atoms with Crippen LogP contribution in [0.2, 0.25) is 10.0 Å². The molecule has 3 aromatic rings. The molecule has 1 aromatic carbocycles. The summed E-state index contributed by atoms with van der Waals surface area (Å²) >= 11 is 12.4. The molecule has 0 N–H and O–H groups in total. The molecule has 0 fully saturated rings. The molecule has 0 saturated heterocycles. The summed E-state index contributed by atoms with van der Waals surface area (Å²) in [7, 11) is 1.37. The second-order valence-electron chi connectivity index (χ2n) is 6.26. The number of ether oxygens (including phenoxy) is 1. The van der Waals surface area contributed by atoms with Gasteiger partial charge in [0.15, 0.2) is 0 Å². The van der Waals surface area contributed by atoms with Crippen molar-refractivity contribution < 1.29 is 9.53 Å². The summed E-state index contributed by atoms with van der Waals surface area (Å²) in [5.41, 5.74) is 5.11. The molecule has 0 unspecified atom stereocenters. The van der Waals surface area contributed by atoms with Gasteiger partial charge in [-0.3, -0.25) is 0 Å². The van der Waals surface area contributed by atoms with Crippen LogP contribution in [0.4, 0.5) is 0 Å². The van der Waals surface area contributed by atoms with Crippen LogP contribution < -0.4 is 0 Å².